The highest BCUT2D eigenvalue weighted by molar-refractivity contribution is 7.09. The molecular formula is C10H12N4S. The van der Waals surface area contributed by atoms with E-state index in [4.69, 9.17) is 0 Å². The van der Waals surface area contributed by atoms with Crippen molar-refractivity contribution in [2.24, 2.45) is 0 Å². The average molecular weight is 220 g/mol. The number of anilines is 1. The summed E-state index contributed by atoms with van der Waals surface area (Å²) in [6.45, 7) is 4.12. The van der Waals surface area contributed by atoms with Crippen molar-refractivity contribution in [2.75, 3.05) is 5.32 Å². The molecule has 0 amide bonds. The fraction of sp³-hybridized carbons (Fsp3) is 0.300. The summed E-state index contributed by atoms with van der Waals surface area (Å²) < 4.78 is 0. The smallest absolute Gasteiger partial charge is 0.223 e. The third kappa shape index (κ3) is 2.30. The zero-order valence-corrected chi connectivity index (χ0v) is 9.45. The van der Waals surface area contributed by atoms with Crippen LogP contribution >= 0.6 is 11.3 Å². The SMILES string of the molecule is CC(C)(Nc1ncccn1)c1nccs1. The molecule has 2 rings (SSSR count). The van der Waals surface area contributed by atoms with Crippen LogP contribution in [0.3, 0.4) is 0 Å². The molecule has 0 atom stereocenters. The number of nitrogens with zero attached hydrogens (tertiary/aromatic N) is 3. The summed E-state index contributed by atoms with van der Waals surface area (Å²) >= 11 is 1.62. The van der Waals surface area contributed by atoms with Crippen LogP contribution in [0.1, 0.15) is 18.9 Å². The van der Waals surface area contributed by atoms with E-state index in [9.17, 15) is 0 Å². The summed E-state index contributed by atoms with van der Waals surface area (Å²) in [5, 5.41) is 6.23. The van der Waals surface area contributed by atoms with Crippen molar-refractivity contribution >= 4 is 17.3 Å². The minimum absolute atomic E-state index is 0.241. The van der Waals surface area contributed by atoms with Crippen LogP contribution in [-0.2, 0) is 5.54 Å². The lowest BCUT2D eigenvalue weighted by molar-refractivity contribution is 0.597. The second-order valence-electron chi connectivity index (χ2n) is 3.66. The molecular weight excluding hydrogens is 208 g/mol. The van der Waals surface area contributed by atoms with Crippen LogP contribution in [-0.4, -0.2) is 15.0 Å². The molecule has 4 nitrogen and oxygen atoms in total. The highest BCUT2D eigenvalue weighted by atomic mass is 32.1. The lowest BCUT2D eigenvalue weighted by Crippen LogP contribution is -2.28. The third-order valence-electron chi connectivity index (χ3n) is 1.96. The minimum atomic E-state index is -0.241. The molecule has 0 aliphatic heterocycles. The molecule has 2 heterocycles. The Morgan fingerprint density at radius 2 is 1.87 bits per heavy atom. The molecule has 0 aliphatic rings. The van der Waals surface area contributed by atoms with Gasteiger partial charge in [0.25, 0.3) is 0 Å². The van der Waals surface area contributed by atoms with Crippen LogP contribution in [0.25, 0.3) is 0 Å². The van der Waals surface area contributed by atoms with Crippen LogP contribution in [0.2, 0.25) is 0 Å². The average Bonchev–Trinajstić information content (AvgIpc) is 2.71. The van der Waals surface area contributed by atoms with Crippen LogP contribution in [0, 0.1) is 0 Å². The van der Waals surface area contributed by atoms with Crippen molar-refractivity contribution in [1.29, 1.82) is 0 Å². The Bertz CT molecular complexity index is 410. The van der Waals surface area contributed by atoms with E-state index >= 15 is 0 Å². The molecule has 5 heteroatoms. The molecule has 2 aromatic heterocycles. The van der Waals surface area contributed by atoms with Gasteiger partial charge in [-0.25, -0.2) is 15.0 Å². The van der Waals surface area contributed by atoms with Gasteiger partial charge in [-0.05, 0) is 19.9 Å². The number of thiazole rings is 1. The molecule has 0 aromatic carbocycles. The number of nitrogens with one attached hydrogen (secondary N) is 1. The van der Waals surface area contributed by atoms with Crippen molar-refractivity contribution in [3.8, 4) is 0 Å². The zero-order chi connectivity index (χ0) is 10.7. The van der Waals surface area contributed by atoms with E-state index in [1.807, 2.05) is 5.38 Å². The monoisotopic (exact) mass is 220 g/mol. The fourth-order valence-corrected chi connectivity index (χ4v) is 1.95. The van der Waals surface area contributed by atoms with Crippen molar-refractivity contribution in [2.45, 2.75) is 19.4 Å². The van der Waals surface area contributed by atoms with Gasteiger partial charge in [0.15, 0.2) is 0 Å². The Balaban J connectivity index is 2.18. The molecule has 0 radical (unpaired) electrons. The standard InChI is InChI=1S/C10H12N4S/c1-10(2,8-11-6-7-15-8)14-9-12-4-3-5-13-9/h3-7H,1-2H3,(H,12,13,14). The maximum atomic E-state index is 4.28. The van der Waals surface area contributed by atoms with Crippen molar-refractivity contribution in [1.82, 2.24) is 15.0 Å². The molecule has 0 fully saturated rings. The molecule has 2 aromatic rings. The van der Waals surface area contributed by atoms with Crippen LogP contribution in [0.5, 0.6) is 0 Å². The predicted octanol–water partition coefficient (Wildman–Crippen LogP) is 2.28. The second kappa shape index (κ2) is 3.94. The van der Waals surface area contributed by atoms with Gasteiger partial charge in [-0.1, -0.05) is 0 Å². The first kappa shape index (κ1) is 10.0. The van der Waals surface area contributed by atoms with E-state index in [1.165, 1.54) is 0 Å². The first-order chi connectivity index (χ1) is 7.18. The molecule has 0 spiro atoms. The normalized spacial score (nSPS) is 11.3. The van der Waals surface area contributed by atoms with Crippen LogP contribution in [0.4, 0.5) is 5.95 Å². The molecule has 0 saturated carbocycles. The summed E-state index contributed by atoms with van der Waals surface area (Å²) in [6.07, 6.45) is 5.23. The van der Waals surface area contributed by atoms with E-state index in [-0.39, 0.29) is 5.54 Å². The molecule has 0 aliphatic carbocycles. The van der Waals surface area contributed by atoms with Gasteiger partial charge >= 0.3 is 0 Å². The maximum Gasteiger partial charge on any atom is 0.223 e. The third-order valence-corrected chi connectivity index (χ3v) is 3.05. The van der Waals surface area contributed by atoms with Crippen molar-refractivity contribution in [3.63, 3.8) is 0 Å². The molecule has 1 N–H and O–H groups in total. The first-order valence-electron chi connectivity index (χ1n) is 4.64. The summed E-state index contributed by atoms with van der Waals surface area (Å²) in [7, 11) is 0. The highest BCUT2D eigenvalue weighted by Crippen LogP contribution is 2.25. The number of rotatable bonds is 3. The highest BCUT2D eigenvalue weighted by Gasteiger charge is 2.23. The number of aromatic nitrogens is 3. The lowest BCUT2D eigenvalue weighted by Gasteiger charge is -2.23. The van der Waals surface area contributed by atoms with Crippen molar-refractivity contribution in [3.05, 3.63) is 35.0 Å². The number of hydrogen-bond donors (Lipinski definition) is 1. The predicted molar refractivity (Wildman–Crippen MR) is 60.8 cm³/mol. The molecule has 0 saturated heterocycles. The second-order valence-corrected chi connectivity index (χ2v) is 4.55. The Morgan fingerprint density at radius 3 is 2.47 bits per heavy atom. The molecule has 0 bridgehead atoms. The van der Waals surface area contributed by atoms with Gasteiger partial charge in [0.05, 0.1) is 5.54 Å². The maximum absolute atomic E-state index is 4.28. The largest absolute Gasteiger partial charge is 0.343 e. The van der Waals surface area contributed by atoms with E-state index in [0.29, 0.717) is 5.95 Å². The molecule has 78 valence electrons. The van der Waals surface area contributed by atoms with Crippen LogP contribution in [0.15, 0.2) is 30.0 Å². The van der Waals surface area contributed by atoms with Gasteiger partial charge in [-0.15, -0.1) is 11.3 Å². The fourth-order valence-electron chi connectivity index (χ4n) is 1.23. The van der Waals surface area contributed by atoms with E-state index in [1.54, 1.807) is 36.0 Å². The zero-order valence-electron chi connectivity index (χ0n) is 8.64. The Labute approximate surface area is 92.4 Å². The minimum Gasteiger partial charge on any atom is -0.343 e. The molecule has 0 unspecified atom stereocenters. The van der Waals surface area contributed by atoms with Gasteiger partial charge in [0, 0.05) is 24.0 Å². The van der Waals surface area contributed by atoms with E-state index < -0.39 is 0 Å². The quantitative estimate of drug-likeness (QED) is 0.862. The number of hydrogen-bond acceptors (Lipinski definition) is 5. The Morgan fingerprint density at radius 1 is 1.13 bits per heavy atom. The summed E-state index contributed by atoms with van der Waals surface area (Å²) in [5.74, 6) is 0.623. The molecule has 15 heavy (non-hydrogen) atoms. The van der Waals surface area contributed by atoms with Crippen molar-refractivity contribution < 1.29 is 0 Å². The Kier molecular flexibility index (Phi) is 2.64. The van der Waals surface area contributed by atoms with Gasteiger partial charge < -0.3 is 5.32 Å². The van der Waals surface area contributed by atoms with E-state index in [2.05, 4.69) is 34.1 Å². The van der Waals surface area contributed by atoms with Gasteiger partial charge in [0.2, 0.25) is 5.95 Å². The summed E-state index contributed by atoms with van der Waals surface area (Å²) in [6, 6.07) is 1.79. The van der Waals surface area contributed by atoms with Gasteiger partial charge in [-0.3, -0.25) is 0 Å². The van der Waals surface area contributed by atoms with Gasteiger partial charge in [0.1, 0.15) is 5.01 Å². The lowest BCUT2D eigenvalue weighted by atomic mass is 10.1. The Hall–Kier alpha value is -1.49. The van der Waals surface area contributed by atoms with Crippen LogP contribution < -0.4 is 5.32 Å². The topological polar surface area (TPSA) is 50.7 Å². The first-order valence-corrected chi connectivity index (χ1v) is 5.51. The summed E-state index contributed by atoms with van der Waals surface area (Å²) in [5.41, 5.74) is -0.241. The van der Waals surface area contributed by atoms with E-state index in [0.717, 1.165) is 5.01 Å². The van der Waals surface area contributed by atoms with Gasteiger partial charge in [-0.2, -0.15) is 0 Å². The summed E-state index contributed by atoms with van der Waals surface area (Å²) in [4.78, 5) is 12.5.